The average Bonchev–Trinajstić information content (AvgIpc) is 2.93. The lowest BCUT2D eigenvalue weighted by Gasteiger charge is -2.05. The number of aliphatic hydroxyl groups excluding tert-OH is 1. The Morgan fingerprint density at radius 3 is 2.79 bits per heavy atom. The molecular formula is C10H14N4O3S2. The molecule has 0 amide bonds. The van der Waals surface area contributed by atoms with Gasteiger partial charge in [-0.3, -0.25) is 0 Å². The van der Waals surface area contributed by atoms with Crippen molar-refractivity contribution in [3.63, 3.8) is 0 Å². The summed E-state index contributed by atoms with van der Waals surface area (Å²) in [5.41, 5.74) is 0. The van der Waals surface area contributed by atoms with Crippen LogP contribution in [0.25, 0.3) is 0 Å². The maximum absolute atomic E-state index is 12.1. The van der Waals surface area contributed by atoms with Crippen LogP contribution in [0.2, 0.25) is 0 Å². The first-order valence-electron chi connectivity index (χ1n) is 5.46. The van der Waals surface area contributed by atoms with E-state index in [4.69, 9.17) is 5.11 Å². The van der Waals surface area contributed by atoms with Gasteiger partial charge in [0, 0.05) is 16.8 Å². The van der Waals surface area contributed by atoms with Gasteiger partial charge in [-0.2, -0.15) is 0 Å². The number of aliphatic hydroxyl groups is 1. The molecule has 0 unspecified atom stereocenters. The molecule has 0 atom stereocenters. The molecule has 0 radical (unpaired) electrons. The van der Waals surface area contributed by atoms with Gasteiger partial charge in [0.15, 0.2) is 0 Å². The molecule has 0 aromatic carbocycles. The number of nitrogens with zero attached hydrogens (tertiary/aromatic N) is 3. The summed E-state index contributed by atoms with van der Waals surface area (Å²) in [4.78, 5) is 1.47. The first-order valence-corrected chi connectivity index (χ1v) is 7.76. The van der Waals surface area contributed by atoms with Crippen LogP contribution in [0.3, 0.4) is 0 Å². The molecule has 2 heterocycles. The number of hydrogen-bond donors (Lipinski definition) is 2. The summed E-state index contributed by atoms with van der Waals surface area (Å²) in [7, 11) is -1.87. The Morgan fingerprint density at radius 2 is 2.26 bits per heavy atom. The highest BCUT2D eigenvalue weighted by Gasteiger charge is 2.20. The first-order chi connectivity index (χ1) is 8.94. The van der Waals surface area contributed by atoms with Crippen molar-refractivity contribution in [3.05, 3.63) is 28.0 Å². The van der Waals surface area contributed by atoms with Crippen LogP contribution in [0.15, 0.2) is 17.3 Å². The van der Waals surface area contributed by atoms with Crippen molar-refractivity contribution >= 4 is 21.4 Å². The largest absolute Gasteiger partial charge is 0.391 e. The highest BCUT2D eigenvalue weighted by Crippen LogP contribution is 2.25. The molecule has 104 valence electrons. The van der Waals surface area contributed by atoms with Crippen LogP contribution in [0.4, 0.5) is 0 Å². The maximum Gasteiger partial charge on any atom is 0.242 e. The maximum atomic E-state index is 12.1. The van der Waals surface area contributed by atoms with E-state index < -0.39 is 10.0 Å². The van der Waals surface area contributed by atoms with E-state index in [0.29, 0.717) is 15.6 Å². The van der Waals surface area contributed by atoms with Crippen molar-refractivity contribution in [2.24, 2.45) is 7.05 Å². The third-order valence-corrected chi connectivity index (χ3v) is 5.29. The van der Waals surface area contributed by atoms with Gasteiger partial charge in [-0.25, -0.2) is 13.1 Å². The first kappa shape index (κ1) is 14.1. The Hall–Kier alpha value is -1.29. The lowest BCUT2D eigenvalue weighted by atomic mass is 10.4. The van der Waals surface area contributed by atoms with Crippen molar-refractivity contribution in [1.82, 2.24) is 19.5 Å². The van der Waals surface area contributed by atoms with E-state index in [-0.39, 0.29) is 18.0 Å². The van der Waals surface area contributed by atoms with Crippen molar-refractivity contribution in [2.45, 2.75) is 25.0 Å². The second-order valence-corrected chi connectivity index (χ2v) is 7.05. The molecule has 0 aliphatic carbocycles. The minimum Gasteiger partial charge on any atom is -0.391 e. The van der Waals surface area contributed by atoms with Crippen LogP contribution >= 0.6 is 11.3 Å². The molecule has 9 heteroatoms. The van der Waals surface area contributed by atoms with Crippen molar-refractivity contribution in [3.8, 4) is 0 Å². The summed E-state index contributed by atoms with van der Waals surface area (Å²) in [5.74, 6) is 0.527. The molecule has 2 N–H and O–H groups in total. The van der Waals surface area contributed by atoms with E-state index in [1.165, 1.54) is 23.7 Å². The molecule has 0 bridgehead atoms. The van der Waals surface area contributed by atoms with Gasteiger partial charge >= 0.3 is 0 Å². The second-order valence-electron chi connectivity index (χ2n) is 3.97. The van der Waals surface area contributed by atoms with Gasteiger partial charge in [0.05, 0.1) is 18.0 Å². The van der Waals surface area contributed by atoms with Crippen LogP contribution in [0.5, 0.6) is 0 Å². The normalized spacial score (nSPS) is 11.9. The third-order valence-electron chi connectivity index (χ3n) is 2.59. The summed E-state index contributed by atoms with van der Waals surface area (Å²) >= 11 is 1.27. The van der Waals surface area contributed by atoms with E-state index >= 15 is 0 Å². The van der Waals surface area contributed by atoms with Crippen molar-refractivity contribution in [2.75, 3.05) is 0 Å². The topological polar surface area (TPSA) is 97.1 Å². The average molecular weight is 302 g/mol. The number of hydrogen-bond acceptors (Lipinski definition) is 6. The monoisotopic (exact) mass is 302 g/mol. The predicted octanol–water partition coefficient (Wildman–Crippen LogP) is 0.156. The minimum absolute atomic E-state index is 0.0720. The lowest BCUT2D eigenvalue weighted by molar-refractivity contribution is 0.285. The molecule has 2 aromatic rings. The number of thiophene rings is 1. The number of nitrogens with one attached hydrogen (secondary N) is 1. The minimum atomic E-state index is -3.60. The Kier molecular flexibility index (Phi) is 3.99. The third kappa shape index (κ3) is 3.00. The number of rotatable bonds is 5. The molecule has 0 spiro atoms. The molecule has 7 nitrogen and oxygen atoms in total. The zero-order chi connectivity index (χ0) is 14.0. The molecule has 19 heavy (non-hydrogen) atoms. The highest BCUT2D eigenvalue weighted by molar-refractivity contribution is 7.89. The zero-order valence-corrected chi connectivity index (χ0v) is 12.1. The second kappa shape index (κ2) is 5.37. The van der Waals surface area contributed by atoms with E-state index in [2.05, 4.69) is 14.9 Å². The predicted molar refractivity (Wildman–Crippen MR) is 70.0 cm³/mol. The Morgan fingerprint density at radius 1 is 1.53 bits per heavy atom. The molecule has 2 aromatic heterocycles. The number of sulfonamides is 1. The fourth-order valence-corrected chi connectivity index (χ4v) is 4.05. The van der Waals surface area contributed by atoms with Gasteiger partial charge in [0.25, 0.3) is 0 Å². The van der Waals surface area contributed by atoms with E-state index in [1.807, 2.05) is 0 Å². The molecule has 2 rings (SSSR count). The van der Waals surface area contributed by atoms with Gasteiger partial charge in [0.2, 0.25) is 10.0 Å². The quantitative estimate of drug-likeness (QED) is 0.820. The Bertz CT molecular complexity index is 675. The van der Waals surface area contributed by atoms with Crippen molar-refractivity contribution in [1.29, 1.82) is 0 Å². The highest BCUT2D eigenvalue weighted by atomic mass is 32.2. The standard InChI is InChI=1S/C10H14N4O3S2/c1-7-9(3-8(5-15)18-7)19(16,17)12-4-10-13-11-6-14(10)2/h3,6,12,15H,4-5H2,1-2H3. The molecule has 0 aliphatic heterocycles. The Balaban J connectivity index is 2.18. The van der Waals surface area contributed by atoms with Crippen LogP contribution < -0.4 is 4.72 Å². The molecule has 0 fully saturated rings. The van der Waals surface area contributed by atoms with Crippen molar-refractivity contribution < 1.29 is 13.5 Å². The fourth-order valence-electron chi connectivity index (χ4n) is 1.57. The van der Waals surface area contributed by atoms with E-state index in [1.54, 1.807) is 18.5 Å². The SMILES string of the molecule is Cc1sc(CO)cc1S(=O)(=O)NCc1nncn1C. The fraction of sp³-hybridized carbons (Fsp3) is 0.400. The van der Waals surface area contributed by atoms with Crippen LogP contribution in [-0.4, -0.2) is 28.3 Å². The lowest BCUT2D eigenvalue weighted by Crippen LogP contribution is -2.24. The van der Waals surface area contributed by atoms with Gasteiger partial charge < -0.3 is 9.67 Å². The molecule has 0 saturated heterocycles. The van der Waals surface area contributed by atoms with Crippen LogP contribution in [-0.2, 0) is 30.2 Å². The van der Waals surface area contributed by atoms with Gasteiger partial charge in [0.1, 0.15) is 12.2 Å². The summed E-state index contributed by atoms with van der Waals surface area (Å²) in [5, 5.41) is 16.5. The van der Waals surface area contributed by atoms with Crippen LogP contribution in [0, 0.1) is 6.92 Å². The van der Waals surface area contributed by atoms with Crippen LogP contribution in [0.1, 0.15) is 15.6 Å². The smallest absolute Gasteiger partial charge is 0.242 e. The van der Waals surface area contributed by atoms with Gasteiger partial charge in [-0.05, 0) is 13.0 Å². The summed E-state index contributed by atoms with van der Waals surface area (Å²) in [6.07, 6.45) is 1.50. The summed E-state index contributed by atoms with van der Waals surface area (Å²) in [6, 6.07) is 1.49. The van der Waals surface area contributed by atoms with Gasteiger partial charge in [-0.15, -0.1) is 21.5 Å². The summed E-state index contributed by atoms with van der Waals surface area (Å²) in [6.45, 7) is 1.62. The van der Waals surface area contributed by atoms with E-state index in [9.17, 15) is 8.42 Å². The van der Waals surface area contributed by atoms with E-state index in [0.717, 1.165) is 0 Å². The summed E-state index contributed by atoms with van der Waals surface area (Å²) < 4.78 is 28.4. The molecule has 0 saturated carbocycles. The zero-order valence-electron chi connectivity index (χ0n) is 10.5. The molecular weight excluding hydrogens is 288 g/mol. The number of aromatic nitrogens is 3. The number of aryl methyl sites for hydroxylation is 2. The molecule has 0 aliphatic rings. The Labute approximate surface area is 115 Å². The van der Waals surface area contributed by atoms with Gasteiger partial charge in [-0.1, -0.05) is 0 Å².